The van der Waals surface area contributed by atoms with Crippen molar-refractivity contribution >= 4 is 29.5 Å². The van der Waals surface area contributed by atoms with Crippen molar-refractivity contribution in [2.24, 2.45) is 47.2 Å². The van der Waals surface area contributed by atoms with Crippen molar-refractivity contribution < 1.29 is 68.8 Å². The van der Waals surface area contributed by atoms with Crippen molar-refractivity contribution in [3.63, 3.8) is 0 Å². The first-order valence-electron chi connectivity index (χ1n) is 28.9. The Balaban J connectivity index is 1.40. The fourth-order valence-electron chi connectivity index (χ4n) is 10.9. The fourth-order valence-corrected chi connectivity index (χ4v) is 10.9. The average molecular weight is 1110 g/mol. The maximum absolute atomic E-state index is 13.9. The summed E-state index contributed by atoms with van der Waals surface area (Å²) in [5.74, 6) is -5.12. The van der Waals surface area contributed by atoms with Crippen LogP contribution in [0.25, 0.3) is 0 Å². The highest BCUT2D eigenvalue weighted by Gasteiger charge is 2.54. The first-order valence-corrected chi connectivity index (χ1v) is 28.9. The molecule has 3 aliphatic heterocycles. The Bertz CT molecular complexity index is 2190. The summed E-state index contributed by atoms with van der Waals surface area (Å²) in [4.78, 5) is 64.2. The van der Waals surface area contributed by atoms with Crippen molar-refractivity contribution in [1.82, 2.24) is 21.1 Å². The smallest absolute Gasteiger partial charge is 0.325 e. The molecule has 1 aromatic rings. The number of allylic oxidation sites excluding steroid dienone is 3. The number of carbonyl (C=O) groups is 5. The quantitative estimate of drug-likeness (QED) is 0.0192. The molecule has 79 heavy (non-hydrogen) atoms. The third-order valence-corrected chi connectivity index (χ3v) is 16.6. The molecule has 446 valence electrons. The summed E-state index contributed by atoms with van der Waals surface area (Å²) < 4.78 is 18.7. The normalized spacial score (nSPS) is 26.7. The Morgan fingerprint density at radius 3 is 2.42 bits per heavy atom. The number of aliphatic hydroxyl groups is 5. The van der Waals surface area contributed by atoms with Crippen LogP contribution in [-0.4, -0.2) is 146 Å². The number of Topliss-reactive ketones (excluding diaryl/α,β-unsaturated/α-hetero) is 1. The minimum absolute atomic E-state index is 0.0228. The number of nitrogens with two attached hydrogens (primary N) is 1. The lowest BCUT2D eigenvalue weighted by Gasteiger charge is -2.53. The summed E-state index contributed by atoms with van der Waals surface area (Å²) in [6.07, 6.45) is 8.49. The highest BCUT2D eigenvalue weighted by molar-refractivity contribution is 5.88. The third-order valence-electron chi connectivity index (χ3n) is 16.6. The SMILES string of the molecule is CCC1CCC2(NC1=O)OC(CC(O)C(C)CCC=CC=C(C)C(CC=CC(O)CC(O)C(C)C(O)C(CCC(C)=O)C(=O)NC(C(N)=O)C(C)C)OC(=O)C1CCCN(COCCCc3cccc(O)c3)N1)C(C)C(O)C2C. The number of aromatic hydroxyl groups is 1. The van der Waals surface area contributed by atoms with E-state index < -0.39 is 90.2 Å². The van der Waals surface area contributed by atoms with E-state index in [9.17, 15) is 54.6 Å². The lowest BCUT2D eigenvalue weighted by molar-refractivity contribution is -0.250. The molecule has 16 atom stereocenters. The van der Waals surface area contributed by atoms with Crippen LogP contribution in [0.5, 0.6) is 5.75 Å². The number of nitrogens with zero attached hydrogens (tertiary/aromatic N) is 1. The van der Waals surface area contributed by atoms with Crippen molar-refractivity contribution in [2.45, 2.75) is 213 Å². The maximum Gasteiger partial charge on any atom is 0.325 e. The number of phenolic OH excluding ortho intramolecular Hbond substituents is 1. The van der Waals surface area contributed by atoms with E-state index in [4.69, 9.17) is 19.9 Å². The van der Waals surface area contributed by atoms with Crippen molar-refractivity contribution in [1.29, 1.82) is 0 Å². The molecule has 0 aromatic heterocycles. The van der Waals surface area contributed by atoms with Crippen LogP contribution < -0.4 is 21.8 Å². The van der Waals surface area contributed by atoms with Gasteiger partial charge in [0.25, 0.3) is 0 Å². The van der Waals surface area contributed by atoms with Crippen LogP contribution in [-0.2, 0) is 44.6 Å². The summed E-state index contributed by atoms with van der Waals surface area (Å²) in [6.45, 7) is 17.4. The van der Waals surface area contributed by atoms with Gasteiger partial charge < -0.3 is 66.0 Å². The summed E-state index contributed by atoms with van der Waals surface area (Å²) >= 11 is 0. The molecule has 0 bridgehead atoms. The maximum atomic E-state index is 13.9. The number of piperidine rings is 1. The van der Waals surface area contributed by atoms with Gasteiger partial charge in [-0.15, -0.1) is 0 Å². The van der Waals surface area contributed by atoms with E-state index in [2.05, 4.69) is 16.1 Å². The number of hydrogen-bond donors (Lipinski definition) is 10. The molecule has 0 aliphatic carbocycles. The number of nitrogens with one attached hydrogen (secondary N) is 3. The number of primary amides is 1. The Morgan fingerprint density at radius 2 is 1.76 bits per heavy atom. The monoisotopic (exact) mass is 1110 g/mol. The lowest BCUT2D eigenvalue weighted by Crippen LogP contribution is -2.67. The number of carbonyl (C=O) groups excluding carboxylic acids is 5. The molecule has 0 radical (unpaired) electrons. The molecule has 1 aromatic carbocycles. The van der Waals surface area contributed by atoms with E-state index in [0.717, 1.165) is 31.2 Å². The second-order valence-electron chi connectivity index (χ2n) is 23.2. The number of hydrogen-bond acceptors (Lipinski definition) is 16. The topological polar surface area (TPSA) is 300 Å². The third kappa shape index (κ3) is 20.7. The molecule has 0 saturated carbocycles. The molecule has 3 saturated heterocycles. The molecule has 19 heteroatoms. The number of aryl methyl sites for hydroxylation is 1. The van der Waals surface area contributed by atoms with Crippen LogP contribution >= 0.6 is 0 Å². The number of phenols is 1. The number of ketones is 1. The summed E-state index contributed by atoms with van der Waals surface area (Å²) in [5, 5.41) is 73.8. The van der Waals surface area contributed by atoms with Gasteiger partial charge in [0.2, 0.25) is 17.7 Å². The van der Waals surface area contributed by atoms with Gasteiger partial charge in [0.05, 0.1) is 42.5 Å². The van der Waals surface area contributed by atoms with Gasteiger partial charge in [-0.3, -0.25) is 19.2 Å². The van der Waals surface area contributed by atoms with Crippen LogP contribution in [0, 0.1) is 41.4 Å². The number of ether oxygens (including phenoxy) is 3. The van der Waals surface area contributed by atoms with Gasteiger partial charge in [0, 0.05) is 62.5 Å². The highest BCUT2D eigenvalue weighted by atomic mass is 16.5. The number of rotatable bonds is 32. The summed E-state index contributed by atoms with van der Waals surface area (Å²) in [5.41, 5.74) is 9.52. The zero-order valence-electron chi connectivity index (χ0n) is 48.4. The molecule has 3 fully saturated rings. The summed E-state index contributed by atoms with van der Waals surface area (Å²) in [7, 11) is 0. The number of amides is 3. The van der Waals surface area contributed by atoms with Gasteiger partial charge in [-0.2, -0.15) is 0 Å². The Morgan fingerprint density at radius 1 is 1.03 bits per heavy atom. The first kappa shape index (κ1) is 66.9. The number of hydrazine groups is 1. The van der Waals surface area contributed by atoms with E-state index in [1.54, 1.807) is 38.1 Å². The molecular weight excluding hydrogens is 1010 g/mol. The van der Waals surface area contributed by atoms with Crippen molar-refractivity contribution in [3.8, 4) is 5.75 Å². The van der Waals surface area contributed by atoms with E-state index >= 15 is 0 Å². The predicted octanol–water partition coefficient (Wildman–Crippen LogP) is 5.18. The van der Waals surface area contributed by atoms with Gasteiger partial charge in [-0.05, 0) is 113 Å². The molecule has 16 unspecified atom stereocenters. The largest absolute Gasteiger partial charge is 0.508 e. The number of benzene rings is 1. The van der Waals surface area contributed by atoms with Crippen LogP contribution in [0.2, 0.25) is 0 Å². The molecule has 11 N–H and O–H groups in total. The summed E-state index contributed by atoms with van der Waals surface area (Å²) in [6, 6.07) is 5.46. The number of esters is 1. The van der Waals surface area contributed by atoms with Gasteiger partial charge >= 0.3 is 5.97 Å². The van der Waals surface area contributed by atoms with Crippen LogP contribution in [0.4, 0.5) is 0 Å². The predicted molar refractivity (Wildman–Crippen MR) is 300 cm³/mol. The average Bonchev–Trinajstić information content (AvgIpc) is 3.45. The van der Waals surface area contributed by atoms with Gasteiger partial charge in [0.1, 0.15) is 42.2 Å². The molecule has 3 amide bonds. The van der Waals surface area contributed by atoms with Gasteiger partial charge in [-0.1, -0.05) is 91.0 Å². The molecule has 3 aliphatic rings. The van der Waals surface area contributed by atoms with Crippen LogP contribution in [0.3, 0.4) is 0 Å². The zero-order chi connectivity index (χ0) is 58.6. The van der Waals surface area contributed by atoms with E-state index in [1.165, 1.54) is 19.9 Å². The Labute approximate surface area is 469 Å². The van der Waals surface area contributed by atoms with Gasteiger partial charge in [-0.25, -0.2) is 10.4 Å². The molecule has 3 heterocycles. The van der Waals surface area contributed by atoms with E-state index in [1.807, 2.05) is 63.9 Å². The van der Waals surface area contributed by atoms with Crippen LogP contribution in [0.1, 0.15) is 151 Å². The van der Waals surface area contributed by atoms with Gasteiger partial charge in [0.15, 0.2) is 0 Å². The molecular formula is C60H97N5O14. The van der Waals surface area contributed by atoms with Crippen molar-refractivity contribution in [3.05, 3.63) is 65.8 Å². The number of aliphatic hydroxyl groups excluding tert-OH is 5. The zero-order valence-corrected chi connectivity index (χ0v) is 48.4. The second-order valence-corrected chi connectivity index (χ2v) is 23.2. The lowest BCUT2D eigenvalue weighted by atomic mass is 9.73. The molecule has 19 nitrogen and oxygen atoms in total. The first-order chi connectivity index (χ1) is 37.4. The second kappa shape index (κ2) is 32.8. The minimum atomic E-state index is -1.44. The molecule has 1 spiro atoms. The Hall–Kier alpha value is -4.57. The fraction of sp³-hybridized carbons (Fsp3) is 0.717. The van der Waals surface area contributed by atoms with Crippen molar-refractivity contribution in [2.75, 3.05) is 19.9 Å². The van der Waals surface area contributed by atoms with Crippen LogP contribution in [0.15, 0.2) is 60.2 Å². The standard InChI is InChI=1S/C60H97N5O14/c1-10-44-28-29-60(63-57(44)74)42(9)54(71)41(8)52(79-60)34-49(69)37(4)18-12-11-13-19-38(5)51(78-59(76)48-24-16-30-65(64-48)35-77-31-17-21-43-20-14-22-45(67)32-43)25-15-23-46(68)33-50(70)40(7)55(72)47(27-26-39(6)66)58(75)62-53(36(2)3)56(61)73/h11,13-15,19-20,22-23,32,36-37,40-42,44,46-55,64,67-72H,10,12,16-18,21,24-31,33-35H2,1-9H3,(H2,61,73)(H,62,75)(H,63,74). The van der Waals surface area contributed by atoms with E-state index in [0.29, 0.717) is 57.2 Å². The minimum Gasteiger partial charge on any atom is -0.508 e. The molecule has 4 rings (SSSR count). The Kier molecular flexibility index (Phi) is 27.8. The highest BCUT2D eigenvalue weighted by Crippen LogP contribution is 2.43. The van der Waals surface area contributed by atoms with E-state index in [-0.39, 0.29) is 79.4 Å².